The lowest BCUT2D eigenvalue weighted by Crippen LogP contribution is -2.43. The maximum Gasteiger partial charge on any atom is 0.255 e. The minimum atomic E-state index is 0.175. The first-order valence-electron chi connectivity index (χ1n) is 8.29. The van der Waals surface area contributed by atoms with Gasteiger partial charge in [-0.05, 0) is 50.2 Å². The molecule has 2 saturated carbocycles. The maximum absolute atomic E-state index is 13.1. The number of pyridine rings is 1. The van der Waals surface area contributed by atoms with Crippen molar-refractivity contribution in [2.75, 3.05) is 0 Å². The molecule has 4 rings (SSSR count). The van der Waals surface area contributed by atoms with Gasteiger partial charge in [-0.2, -0.15) is 4.37 Å². The number of carbonyl (C=O) groups excluding carboxylic acids is 1. The molecule has 2 aromatic heterocycles. The van der Waals surface area contributed by atoms with Crippen LogP contribution in [-0.2, 0) is 0 Å². The summed E-state index contributed by atoms with van der Waals surface area (Å²) in [6, 6.07) is 2.89. The first kappa shape index (κ1) is 14.1. The molecule has 0 saturated heterocycles. The number of aryl methyl sites for hydroxylation is 1. The molecular weight excluding hydrogens is 294 g/mol. The van der Waals surface area contributed by atoms with Crippen LogP contribution < -0.4 is 0 Å². The van der Waals surface area contributed by atoms with Gasteiger partial charge in [-0.25, -0.2) is 4.98 Å². The second-order valence-corrected chi connectivity index (χ2v) is 7.33. The maximum atomic E-state index is 13.1. The van der Waals surface area contributed by atoms with Gasteiger partial charge >= 0.3 is 0 Å². The molecular formula is C17H21N3OS. The van der Waals surface area contributed by atoms with Crippen LogP contribution in [0, 0.1) is 6.92 Å². The molecule has 0 N–H and O–H groups in total. The van der Waals surface area contributed by atoms with Crippen LogP contribution in [0.25, 0.3) is 10.2 Å². The largest absolute Gasteiger partial charge is 0.333 e. The summed E-state index contributed by atoms with van der Waals surface area (Å²) in [6.45, 7) is 1.98. The summed E-state index contributed by atoms with van der Waals surface area (Å²) >= 11 is 1.40. The van der Waals surface area contributed by atoms with E-state index >= 15 is 0 Å². The van der Waals surface area contributed by atoms with Crippen LogP contribution in [-0.4, -0.2) is 32.2 Å². The van der Waals surface area contributed by atoms with Crippen LogP contribution in [0.1, 0.15) is 61.0 Å². The van der Waals surface area contributed by atoms with E-state index in [9.17, 15) is 4.79 Å². The Morgan fingerprint density at radius 2 is 1.91 bits per heavy atom. The Hall–Kier alpha value is -1.49. The van der Waals surface area contributed by atoms with Gasteiger partial charge in [0.15, 0.2) is 0 Å². The highest BCUT2D eigenvalue weighted by Gasteiger charge is 2.38. The van der Waals surface area contributed by atoms with Gasteiger partial charge in [0.2, 0.25) is 0 Å². The summed E-state index contributed by atoms with van der Waals surface area (Å²) in [5.74, 6) is 0.175. The molecule has 0 aliphatic heterocycles. The topological polar surface area (TPSA) is 46.1 Å². The molecule has 0 spiro atoms. The Kier molecular flexibility index (Phi) is 3.60. The summed E-state index contributed by atoms with van der Waals surface area (Å²) in [5, 5.41) is 1.02. The molecule has 22 heavy (non-hydrogen) atoms. The standard InChI is InChI=1S/C17H21N3OS/c1-11-15-9-12(10-18-16(15)22-19-11)17(21)20(14-7-8-14)13-5-3-2-4-6-13/h9-10,13-14H,2-8H2,1H3. The highest BCUT2D eigenvalue weighted by atomic mass is 32.1. The third-order valence-electron chi connectivity index (χ3n) is 4.90. The van der Waals surface area contributed by atoms with Gasteiger partial charge in [-0.3, -0.25) is 4.79 Å². The number of aromatic nitrogens is 2. The van der Waals surface area contributed by atoms with E-state index in [-0.39, 0.29) is 5.91 Å². The number of hydrogen-bond acceptors (Lipinski definition) is 4. The lowest BCUT2D eigenvalue weighted by molar-refractivity contribution is 0.0614. The quantitative estimate of drug-likeness (QED) is 0.862. The van der Waals surface area contributed by atoms with Crippen molar-refractivity contribution in [3.05, 3.63) is 23.5 Å². The zero-order chi connectivity index (χ0) is 15.1. The van der Waals surface area contributed by atoms with E-state index in [1.165, 1.54) is 30.8 Å². The Balaban J connectivity index is 1.65. The molecule has 2 heterocycles. The molecule has 0 radical (unpaired) electrons. The fraction of sp³-hybridized carbons (Fsp3) is 0.588. The lowest BCUT2D eigenvalue weighted by Gasteiger charge is -2.34. The lowest BCUT2D eigenvalue weighted by atomic mass is 9.93. The number of fused-ring (bicyclic) bond motifs is 1. The molecule has 2 aliphatic carbocycles. The van der Waals surface area contributed by atoms with Crippen LogP contribution in [0.3, 0.4) is 0 Å². The molecule has 2 aromatic rings. The normalized spacial score (nSPS) is 19.5. The van der Waals surface area contributed by atoms with Crippen molar-refractivity contribution in [3.63, 3.8) is 0 Å². The van der Waals surface area contributed by atoms with Gasteiger partial charge in [-0.15, -0.1) is 0 Å². The third-order valence-corrected chi connectivity index (χ3v) is 5.76. The minimum absolute atomic E-state index is 0.175. The summed E-state index contributed by atoms with van der Waals surface area (Å²) in [5.41, 5.74) is 1.70. The Morgan fingerprint density at radius 3 is 2.64 bits per heavy atom. The molecule has 0 atom stereocenters. The zero-order valence-electron chi connectivity index (χ0n) is 12.9. The predicted molar refractivity (Wildman–Crippen MR) is 88.2 cm³/mol. The first-order chi connectivity index (χ1) is 10.7. The molecule has 2 fully saturated rings. The second-order valence-electron chi connectivity index (χ2n) is 6.58. The molecule has 116 valence electrons. The van der Waals surface area contributed by atoms with Gasteiger partial charge in [0.25, 0.3) is 5.91 Å². The Labute approximate surface area is 134 Å². The van der Waals surface area contributed by atoms with Crippen LogP contribution >= 0.6 is 11.5 Å². The van der Waals surface area contributed by atoms with Gasteiger partial charge in [-0.1, -0.05) is 19.3 Å². The van der Waals surface area contributed by atoms with Crippen LogP contribution in [0.15, 0.2) is 12.3 Å². The Morgan fingerprint density at radius 1 is 1.18 bits per heavy atom. The van der Waals surface area contributed by atoms with Crippen molar-refractivity contribution in [2.24, 2.45) is 0 Å². The SMILES string of the molecule is Cc1nsc2ncc(C(=O)N(C3CCCCC3)C3CC3)cc12. The highest BCUT2D eigenvalue weighted by molar-refractivity contribution is 7.12. The smallest absolute Gasteiger partial charge is 0.255 e. The fourth-order valence-corrected chi connectivity index (χ4v) is 4.28. The van der Waals surface area contributed by atoms with Crippen LogP contribution in [0.4, 0.5) is 0 Å². The molecule has 4 nitrogen and oxygen atoms in total. The zero-order valence-corrected chi connectivity index (χ0v) is 13.7. The molecule has 0 aromatic carbocycles. The van der Waals surface area contributed by atoms with E-state index in [0.717, 1.165) is 47.2 Å². The van der Waals surface area contributed by atoms with E-state index in [1.807, 2.05) is 13.0 Å². The fourth-order valence-electron chi connectivity index (χ4n) is 3.55. The third kappa shape index (κ3) is 2.51. The van der Waals surface area contributed by atoms with Crippen LogP contribution in [0.5, 0.6) is 0 Å². The Bertz CT molecular complexity index is 701. The molecule has 0 unspecified atom stereocenters. The van der Waals surface area contributed by atoms with E-state index in [2.05, 4.69) is 14.3 Å². The second kappa shape index (κ2) is 5.61. The van der Waals surface area contributed by atoms with Crippen molar-refractivity contribution in [3.8, 4) is 0 Å². The number of carbonyl (C=O) groups is 1. The average Bonchev–Trinajstić information content (AvgIpc) is 3.32. The average molecular weight is 315 g/mol. The number of nitrogens with zero attached hydrogens (tertiary/aromatic N) is 3. The van der Waals surface area contributed by atoms with Gasteiger partial charge in [0.05, 0.1) is 11.3 Å². The van der Waals surface area contributed by atoms with E-state index in [0.29, 0.717) is 12.1 Å². The first-order valence-corrected chi connectivity index (χ1v) is 9.06. The predicted octanol–water partition coefficient (Wildman–Crippen LogP) is 3.94. The highest BCUT2D eigenvalue weighted by Crippen LogP contribution is 2.35. The summed E-state index contributed by atoms with van der Waals surface area (Å²) in [7, 11) is 0. The monoisotopic (exact) mass is 315 g/mol. The number of rotatable bonds is 3. The van der Waals surface area contributed by atoms with Crippen molar-refractivity contribution in [1.29, 1.82) is 0 Å². The molecule has 1 amide bonds. The van der Waals surface area contributed by atoms with E-state index in [1.54, 1.807) is 6.20 Å². The molecule has 2 aliphatic rings. The molecule has 0 bridgehead atoms. The number of amides is 1. The summed E-state index contributed by atoms with van der Waals surface area (Å²) in [4.78, 5) is 20.6. The minimum Gasteiger partial charge on any atom is -0.333 e. The van der Waals surface area contributed by atoms with Crippen molar-refractivity contribution in [1.82, 2.24) is 14.3 Å². The van der Waals surface area contributed by atoms with Gasteiger partial charge in [0.1, 0.15) is 4.83 Å². The van der Waals surface area contributed by atoms with Crippen molar-refractivity contribution < 1.29 is 4.79 Å². The van der Waals surface area contributed by atoms with Crippen LogP contribution in [0.2, 0.25) is 0 Å². The number of hydrogen-bond donors (Lipinski definition) is 0. The summed E-state index contributed by atoms with van der Waals surface area (Å²) in [6.07, 6.45) is 10.2. The van der Waals surface area contributed by atoms with Gasteiger partial charge in [0, 0.05) is 23.7 Å². The van der Waals surface area contributed by atoms with E-state index < -0.39 is 0 Å². The van der Waals surface area contributed by atoms with Gasteiger partial charge < -0.3 is 4.90 Å². The van der Waals surface area contributed by atoms with Crippen molar-refractivity contribution >= 4 is 27.7 Å². The summed E-state index contributed by atoms with van der Waals surface area (Å²) < 4.78 is 4.33. The molecule has 5 heteroatoms. The van der Waals surface area contributed by atoms with Crippen molar-refractivity contribution in [2.45, 2.75) is 64.0 Å². The van der Waals surface area contributed by atoms with E-state index in [4.69, 9.17) is 0 Å².